The Morgan fingerprint density at radius 3 is 2.60 bits per heavy atom. The quantitative estimate of drug-likeness (QED) is 0.751. The molecule has 2 aromatic rings. The van der Waals surface area contributed by atoms with Crippen LogP contribution in [0.25, 0.3) is 0 Å². The number of nitrogens with one attached hydrogen (secondary N) is 3. The van der Waals surface area contributed by atoms with Crippen molar-refractivity contribution in [1.29, 1.82) is 0 Å². The summed E-state index contributed by atoms with van der Waals surface area (Å²) in [5.41, 5.74) is 2.27. The van der Waals surface area contributed by atoms with Gasteiger partial charge in [-0.1, -0.05) is 17.7 Å². The van der Waals surface area contributed by atoms with E-state index in [1.54, 1.807) is 36.4 Å². The first kappa shape index (κ1) is 18.6. The molecule has 7 heteroatoms. The molecule has 0 aliphatic rings. The van der Waals surface area contributed by atoms with Gasteiger partial charge in [-0.3, -0.25) is 4.79 Å². The van der Waals surface area contributed by atoms with Crippen molar-refractivity contribution in [3.63, 3.8) is 0 Å². The number of carbonyl (C=O) groups excluding carboxylic acids is 2. The lowest BCUT2D eigenvalue weighted by Crippen LogP contribution is -2.23. The summed E-state index contributed by atoms with van der Waals surface area (Å²) in [6, 6.07) is 9.58. The van der Waals surface area contributed by atoms with Gasteiger partial charge in [-0.05, 0) is 49.7 Å². The van der Waals surface area contributed by atoms with E-state index in [1.807, 2.05) is 13.8 Å². The molecule has 6 nitrogen and oxygen atoms in total. The van der Waals surface area contributed by atoms with Crippen molar-refractivity contribution in [2.24, 2.45) is 0 Å². The molecule has 3 N–H and O–H groups in total. The van der Waals surface area contributed by atoms with Gasteiger partial charge in [0.15, 0.2) is 0 Å². The zero-order chi connectivity index (χ0) is 18.4. The predicted octanol–water partition coefficient (Wildman–Crippen LogP) is 4.05. The Balaban J connectivity index is 2.12. The number of ether oxygens (including phenoxy) is 1. The minimum Gasteiger partial charge on any atom is -0.495 e. The van der Waals surface area contributed by atoms with Crippen molar-refractivity contribution in [3.05, 3.63) is 52.5 Å². The highest BCUT2D eigenvalue weighted by Gasteiger charge is 2.11. The van der Waals surface area contributed by atoms with Crippen molar-refractivity contribution in [2.75, 3.05) is 24.3 Å². The van der Waals surface area contributed by atoms with Crippen LogP contribution in [0.2, 0.25) is 5.02 Å². The number of anilines is 2. The van der Waals surface area contributed by atoms with Crippen LogP contribution < -0.4 is 20.7 Å². The average molecular weight is 362 g/mol. The molecule has 0 atom stereocenters. The monoisotopic (exact) mass is 361 g/mol. The number of carbonyl (C=O) groups is 2. The summed E-state index contributed by atoms with van der Waals surface area (Å²) in [5, 5.41) is 8.61. The third-order valence-electron chi connectivity index (χ3n) is 3.45. The van der Waals surface area contributed by atoms with Gasteiger partial charge in [0.2, 0.25) is 0 Å². The molecular formula is C18H20ClN3O3. The maximum Gasteiger partial charge on any atom is 0.323 e. The summed E-state index contributed by atoms with van der Waals surface area (Å²) < 4.78 is 5.26. The first-order chi connectivity index (χ1) is 11.9. The lowest BCUT2D eigenvalue weighted by molar-refractivity contribution is 0.0956. The van der Waals surface area contributed by atoms with Crippen LogP contribution in [0.5, 0.6) is 5.75 Å². The molecule has 0 saturated carbocycles. The van der Waals surface area contributed by atoms with Crippen LogP contribution >= 0.6 is 11.6 Å². The number of hydrogen-bond donors (Lipinski definition) is 3. The molecule has 0 fully saturated rings. The first-order valence-corrected chi connectivity index (χ1v) is 8.12. The summed E-state index contributed by atoms with van der Waals surface area (Å²) >= 11 is 6.10. The SMILES string of the molecule is CCNC(=O)c1cccc(NC(=O)Nc2cc(Cl)c(C)cc2OC)c1. The molecule has 0 saturated heterocycles. The molecule has 0 aliphatic carbocycles. The topological polar surface area (TPSA) is 79.5 Å². The van der Waals surface area contributed by atoms with Crippen LogP contribution in [0.3, 0.4) is 0 Å². The van der Waals surface area contributed by atoms with Gasteiger partial charge in [-0.25, -0.2) is 4.79 Å². The van der Waals surface area contributed by atoms with E-state index in [9.17, 15) is 9.59 Å². The molecular weight excluding hydrogens is 342 g/mol. The Bertz CT molecular complexity index is 793. The predicted molar refractivity (Wildman–Crippen MR) is 99.8 cm³/mol. The fraction of sp³-hybridized carbons (Fsp3) is 0.222. The second kappa shape index (κ2) is 8.39. The first-order valence-electron chi connectivity index (χ1n) is 7.75. The number of halogens is 1. The van der Waals surface area contributed by atoms with Gasteiger partial charge >= 0.3 is 6.03 Å². The van der Waals surface area contributed by atoms with Crippen molar-refractivity contribution < 1.29 is 14.3 Å². The van der Waals surface area contributed by atoms with E-state index in [-0.39, 0.29) is 5.91 Å². The molecule has 3 amide bonds. The molecule has 0 unspecified atom stereocenters. The Kier molecular flexibility index (Phi) is 6.25. The highest BCUT2D eigenvalue weighted by atomic mass is 35.5. The zero-order valence-electron chi connectivity index (χ0n) is 14.3. The molecule has 25 heavy (non-hydrogen) atoms. The molecule has 2 rings (SSSR count). The highest BCUT2D eigenvalue weighted by Crippen LogP contribution is 2.31. The van der Waals surface area contributed by atoms with E-state index >= 15 is 0 Å². The minimum absolute atomic E-state index is 0.196. The molecule has 0 radical (unpaired) electrons. The van der Waals surface area contributed by atoms with E-state index in [1.165, 1.54) is 7.11 Å². The number of benzene rings is 2. The van der Waals surface area contributed by atoms with Crippen molar-refractivity contribution >= 4 is 34.9 Å². The van der Waals surface area contributed by atoms with Gasteiger partial charge in [0.25, 0.3) is 5.91 Å². The van der Waals surface area contributed by atoms with Gasteiger partial charge in [-0.15, -0.1) is 0 Å². The maximum atomic E-state index is 12.2. The second-order valence-corrected chi connectivity index (χ2v) is 5.73. The number of hydrogen-bond acceptors (Lipinski definition) is 3. The van der Waals surface area contributed by atoms with Crippen LogP contribution in [0.15, 0.2) is 36.4 Å². The number of methoxy groups -OCH3 is 1. The van der Waals surface area contributed by atoms with Gasteiger partial charge in [0.1, 0.15) is 5.75 Å². The number of rotatable bonds is 5. The molecule has 0 aliphatic heterocycles. The lowest BCUT2D eigenvalue weighted by Gasteiger charge is -2.13. The maximum absolute atomic E-state index is 12.2. The van der Waals surface area contributed by atoms with Crippen molar-refractivity contribution in [3.8, 4) is 5.75 Å². The zero-order valence-corrected chi connectivity index (χ0v) is 15.0. The summed E-state index contributed by atoms with van der Waals surface area (Å²) in [7, 11) is 1.52. The summed E-state index contributed by atoms with van der Waals surface area (Å²) in [5.74, 6) is 0.312. The molecule has 0 bridgehead atoms. The highest BCUT2D eigenvalue weighted by molar-refractivity contribution is 6.31. The smallest absolute Gasteiger partial charge is 0.323 e. The third-order valence-corrected chi connectivity index (χ3v) is 3.86. The van der Waals surface area contributed by atoms with E-state index in [4.69, 9.17) is 16.3 Å². The third kappa shape index (κ3) is 4.87. The standard InChI is InChI=1S/C18H20ClN3O3/c1-4-20-17(23)12-6-5-7-13(9-12)21-18(24)22-15-10-14(19)11(2)8-16(15)25-3/h5-10H,4H2,1-3H3,(H,20,23)(H2,21,22,24). The fourth-order valence-corrected chi connectivity index (χ4v) is 2.37. The Labute approximate surface area is 151 Å². The van der Waals surface area contributed by atoms with Gasteiger partial charge in [0, 0.05) is 22.8 Å². The molecule has 132 valence electrons. The fourth-order valence-electron chi connectivity index (χ4n) is 2.21. The lowest BCUT2D eigenvalue weighted by atomic mass is 10.2. The average Bonchev–Trinajstić information content (AvgIpc) is 2.58. The van der Waals surface area contributed by atoms with Crippen molar-refractivity contribution in [2.45, 2.75) is 13.8 Å². The van der Waals surface area contributed by atoms with Crippen LogP contribution in [0.4, 0.5) is 16.2 Å². The molecule has 2 aromatic carbocycles. The number of amides is 3. The Morgan fingerprint density at radius 2 is 1.92 bits per heavy atom. The van der Waals surface area contributed by atoms with Crippen LogP contribution in [-0.4, -0.2) is 25.6 Å². The van der Waals surface area contributed by atoms with E-state index < -0.39 is 6.03 Å². The van der Waals surface area contributed by atoms with Crippen LogP contribution in [-0.2, 0) is 0 Å². The number of aryl methyl sites for hydroxylation is 1. The van der Waals surface area contributed by atoms with E-state index in [0.717, 1.165) is 5.56 Å². The summed E-state index contributed by atoms with van der Waals surface area (Å²) in [6.07, 6.45) is 0. The van der Waals surface area contributed by atoms with Crippen LogP contribution in [0.1, 0.15) is 22.8 Å². The van der Waals surface area contributed by atoms with Gasteiger partial charge < -0.3 is 20.7 Å². The van der Waals surface area contributed by atoms with E-state index in [2.05, 4.69) is 16.0 Å². The summed E-state index contributed by atoms with van der Waals surface area (Å²) in [4.78, 5) is 24.1. The van der Waals surface area contributed by atoms with Crippen molar-refractivity contribution in [1.82, 2.24) is 5.32 Å². The second-order valence-electron chi connectivity index (χ2n) is 5.32. The number of urea groups is 1. The van der Waals surface area contributed by atoms with Gasteiger partial charge in [0.05, 0.1) is 12.8 Å². The van der Waals surface area contributed by atoms with Crippen LogP contribution in [0, 0.1) is 6.92 Å². The molecule has 0 heterocycles. The largest absolute Gasteiger partial charge is 0.495 e. The minimum atomic E-state index is -0.466. The summed E-state index contributed by atoms with van der Waals surface area (Å²) in [6.45, 7) is 4.22. The molecule has 0 aromatic heterocycles. The van der Waals surface area contributed by atoms with Gasteiger partial charge in [-0.2, -0.15) is 0 Å². The Morgan fingerprint density at radius 1 is 1.16 bits per heavy atom. The normalized spacial score (nSPS) is 10.1. The Hall–Kier alpha value is -2.73. The molecule has 0 spiro atoms. The van der Waals surface area contributed by atoms with E-state index in [0.29, 0.717) is 34.3 Å².